The lowest BCUT2D eigenvalue weighted by atomic mass is 9.84. The molecule has 45 heavy (non-hydrogen) atoms. The van der Waals surface area contributed by atoms with Crippen LogP contribution < -0.4 is 10.2 Å². The van der Waals surface area contributed by atoms with E-state index in [4.69, 9.17) is 4.99 Å². The van der Waals surface area contributed by atoms with E-state index in [0.29, 0.717) is 12.5 Å². The zero-order valence-corrected chi connectivity index (χ0v) is 26.8. The third kappa shape index (κ3) is 7.74. The Kier molecular flexibility index (Phi) is 10.1. The number of carbonyl (C=O) groups excluding carboxylic acids is 1. The maximum absolute atomic E-state index is 13.6. The van der Waals surface area contributed by atoms with Crippen LogP contribution in [0.25, 0.3) is 0 Å². The summed E-state index contributed by atoms with van der Waals surface area (Å²) in [6.07, 6.45) is 6.76. The number of hydrogen-bond acceptors (Lipinski definition) is 6. The Hall–Kier alpha value is -3.75. The van der Waals surface area contributed by atoms with Gasteiger partial charge in [0.25, 0.3) is 0 Å². The number of para-hydroxylation sites is 1. The molecule has 1 N–H and O–H groups in total. The fraction of sp³-hybridized carbons (Fsp3) is 0.459. The molecule has 0 radical (unpaired) electrons. The Labute approximate surface area is 267 Å². The molecule has 1 atom stereocenters. The summed E-state index contributed by atoms with van der Waals surface area (Å²) in [7, 11) is 4.25. The minimum Gasteiger partial charge on any atom is -0.352 e. The van der Waals surface area contributed by atoms with Crippen molar-refractivity contribution in [2.75, 3.05) is 58.3 Å². The van der Waals surface area contributed by atoms with E-state index in [9.17, 15) is 9.18 Å². The van der Waals surface area contributed by atoms with Crippen LogP contribution in [-0.4, -0.2) is 79.9 Å². The molecule has 0 aromatic heterocycles. The van der Waals surface area contributed by atoms with Crippen LogP contribution in [0.1, 0.15) is 67.2 Å². The van der Waals surface area contributed by atoms with Crippen LogP contribution in [0.5, 0.6) is 0 Å². The van der Waals surface area contributed by atoms with E-state index >= 15 is 0 Å². The number of anilines is 1. The number of amides is 1. The first kappa shape index (κ1) is 31.2. The SMILES string of the molecule is CN(C)CCN1CCN(C2=Nc3ccccc3C(CC(=O)NCc3ccc(F)cc3)N2c2ccc(C3CCCCC3)cc2)CC1. The summed E-state index contributed by atoms with van der Waals surface area (Å²) < 4.78 is 13.4. The van der Waals surface area contributed by atoms with Crippen LogP contribution in [0.15, 0.2) is 77.8 Å². The second kappa shape index (κ2) is 14.6. The van der Waals surface area contributed by atoms with Crippen molar-refractivity contribution in [1.29, 1.82) is 0 Å². The maximum atomic E-state index is 13.6. The van der Waals surface area contributed by atoms with Gasteiger partial charge >= 0.3 is 0 Å². The van der Waals surface area contributed by atoms with Crippen molar-refractivity contribution in [2.24, 2.45) is 4.99 Å². The highest BCUT2D eigenvalue weighted by Gasteiger charge is 2.36. The lowest BCUT2D eigenvalue weighted by Gasteiger charge is -2.45. The molecule has 7 nitrogen and oxygen atoms in total. The van der Waals surface area contributed by atoms with Crippen LogP contribution >= 0.6 is 0 Å². The number of aliphatic imine (C=N–C) groups is 1. The Morgan fingerprint density at radius 3 is 2.33 bits per heavy atom. The van der Waals surface area contributed by atoms with E-state index in [1.807, 2.05) is 12.1 Å². The number of hydrogen-bond donors (Lipinski definition) is 1. The summed E-state index contributed by atoms with van der Waals surface area (Å²) in [5.74, 6) is 1.23. The average molecular weight is 611 g/mol. The number of piperazine rings is 1. The zero-order valence-electron chi connectivity index (χ0n) is 26.8. The van der Waals surface area contributed by atoms with E-state index in [2.05, 4.69) is 75.4 Å². The highest BCUT2D eigenvalue weighted by atomic mass is 19.1. The van der Waals surface area contributed by atoms with Crippen molar-refractivity contribution in [3.63, 3.8) is 0 Å². The first-order valence-electron chi connectivity index (χ1n) is 16.6. The van der Waals surface area contributed by atoms with E-state index in [-0.39, 0.29) is 24.2 Å². The predicted octanol–water partition coefficient (Wildman–Crippen LogP) is 6.31. The molecule has 238 valence electrons. The molecular weight excluding hydrogens is 563 g/mol. The summed E-state index contributed by atoms with van der Waals surface area (Å²) in [4.78, 5) is 28.3. The second-order valence-corrected chi connectivity index (χ2v) is 13.0. The first-order chi connectivity index (χ1) is 21.9. The lowest BCUT2D eigenvalue weighted by molar-refractivity contribution is -0.121. The number of rotatable bonds is 9. The van der Waals surface area contributed by atoms with Crippen molar-refractivity contribution < 1.29 is 9.18 Å². The molecule has 3 aromatic carbocycles. The predicted molar refractivity (Wildman–Crippen MR) is 180 cm³/mol. The van der Waals surface area contributed by atoms with Gasteiger partial charge in [0.15, 0.2) is 0 Å². The third-order valence-corrected chi connectivity index (χ3v) is 9.59. The molecule has 3 aliphatic rings. The van der Waals surface area contributed by atoms with Gasteiger partial charge in [-0.3, -0.25) is 9.69 Å². The Bertz CT molecular complexity index is 1440. The number of benzene rings is 3. The van der Waals surface area contributed by atoms with Gasteiger partial charge in [0.2, 0.25) is 11.9 Å². The number of halogens is 1. The van der Waals surface area contributed by atoms with Gasteiger partial charge in [-0.25, -0.2) is 9.38 Å². The van der Waals surface area contributed by atoms with Crippen molar-refractivity contribution >= 4 is 23.2 Å². The van der Waals surface area contributed by atoms with Crippen molar-refractivity contribution in [1.82, 2.24) is 20.0 Å². The Morgan fingerprint density at radius 1 is 0.911 bits per heavy atom. The van der Waals surface area contributed by atoms with Crippen molar-refractivity contribution in [2.45, 2.75) is 57.0 Å². The van der Waals surface area contributed by atoms with Crippen LogP contribution in [0.4, 0.5) is 15.8 Å². The Balaban J connectivity index is 1.28. The molecule has 1 saturated carbocycles. The highest BCUT2D eigenvalue weighted by molar-refractivity contribution is 6.01. The van der Waals surface area contributed by atoms with Crippen LogP contribution in [0.2, 0.25) is 0 Å². The minimum absolute atomic E-state index is 0.0438. The van der Waals surface area contributed by atoms with E-state index in [1.165, 1.54) is 49.8 Å². The normalized spacial score (nSPS) is 19.4. The van der Waals surface area contributed by atoms with E-state index in [1.54, 1.807) is 12.1 Å². The van der Waals surface area contributed by atoms with Crippen LogP contribution in [0.3, 0.4) is 0 Å². The molecule has 3 aromatic rings. The van der Waals surface area contributed by atoms with Crippen molar-refractivity contribution in [3.8, 4) is 0 Å². The van der Waals surface area contributed by atoms with E-state index in [0.717, 1.165) is 67.7 Å². The lowest BCUT2D eigenvalue weighted by Crippen LogP contribution is -2.56. The second-order valence-electron chi connectivity index (χ2n) is 13.0. The molecule has 0 bridgehead atoms. The molecule has 1 unspecified atom stereocenters. The smallest absolute Gasteiger partial charge is 0.222 e. The standard InChI is InChI=1S/C37H47FN6O/c1-41(2)20-21-42-22-24-43(25-23-42)37-40-34-11-7-6-10-33(34)35(26-36(45)39-27-28-12-16-31(38)17-13-28)44(37)32-18-14-30(15-19-32)29-8-4-3-5-9-29/h6-7,10-19,29,35H,3-5,8-9,20-27H2,1-2H3,(H,39,45). The van der Waals surface area contributed by atoms with Gasteiger partial charge in [-0.2, -0.15) is 0 Å². The zero-order chi connectivity index (χ0) is 31.2. The molecular formula is C37H47FN6O. The van der Waals surface area contributed by atoms with Gasteiger partial charge in [-0.15, -0.1) is 0 Å². The minimum atomic E-state index is -0.278. The molecule has 2 fully saturated rings. The molecule has 8 heteroatoms. The van der Waals surface area contributed by atoms with Gasteiger partial charge in [0.1, 0.15) is 5.82 Å². The summed E-state index contributed by atoms with van der Waals surface area (Å²) in [5.41, 5.74) is 5.33. The molecule has 1 amide bonds. The fourth-order valence-corrected chi connectivity index (χ4v) is 6.94. The molecule has 1 saturated heterocycles. The molecule has 2 heterocycles. The first-order valence-corrected chi connectivity index (χ1v) is 16.6. The molecule has 6 rings (SSSR count). The molecule has 1 aliphatic carbocycles. The van der Waals surface area contributed by atoms with Crippen LogP contribution in [0, 0.1) is 5.82 Å². The number of nitrogens with zero attached hydrogens (tertiary/aromatic N) is 5. The monoisotopic (exact) mass is 610 g/mol. The van der Waals surface area contributed by atoms with Gasteiger partial charge < -0.3 is 20.0 Å². The average Bonchev–Trinajstić information content (AvgIpc) is 3.07. The van der Waals surface area contributed by atoms with Gasteiger partial charge in [-0.1, -0.05) is 61.7 Å². The fourth-order valence-electron chi connectivity index (χ4n) is 6.94. The highest BCUT2D eigenvalue weighted by Crippen LogP contribution is 2.41. The topological polar surface area (TPSA) is 54.4 Å². The van der Waals surface area contributed by atoms with Gasteiger partial charge in [0, 0.05) is 57.1 Å². The molecule has 0 spiro atoms. The summed E-state index contributed by atoms with van der Waals surface area (Å²) in [6.45, 7) is 6.18. The molecule has 2 aliphatic heterocycles. The van der Waals surface area contributed by atoms with E-state index < -0.39 is 0 Å². The number of nitrogens with one attached hydrogen (secondary N) is 1. The maximum Gasteiger partial charge on any atom is 0.222 e. The van der Waals surface area contributed by atoms with Crippen LogP contribution in [-0.2, 0) is 11.3 Å². The number of guanidine groups is 1. The largest absolute Gasteiger partial charge is 0.352 e. The number of likely N-dealkylation sites (N-methyl/N-ethyl adjacent to an activating group) is 1. The van der Waals surface area contributed by atoms with Gasteiger partial charge in [0.05, 0.1) is 18.2 Å². The Morgan fingerprint density at radius 2 is 1.62 bits per heavy atom. The number of fused-ring (bicyclic) bond motifs is 1. The summed E-state index contributed by atoms with van der Waals surface area (Å²) in [5, 5.41) is 3.09. The summed E-state index contributed by atoms with van der Waals surface area (Å²) >= 11 is 0. The van der Waals surface area contributed by atoms with Crippen molar-refractivity contribution in [3.05, 3.63) is 95.3 Å². The third-order valence-electron chi connectivity index (χ3n) is 9.59. The van der Waals surface area contributed by atoms with Gasteiger partial charge in [-0.05, 0) is 74.3 Å². The quantitative estimate of drug-likeness (QED) is 0.308. The summed E-state index contributed by atoms with van der Waals surface area (Å²) in [6, 6.07) is 23.4. The number of carbonyl (C=O) groups is 1.